The zero-order chi connectivity index (χ0) is 22.0. The molecule has 0 bridgehead atoms. The van der Waals surface area contributed by atoms with Gasteiger partial charge in [0.15, 0.2) is 9.84 Å². The van der Waals surface area contributed by atoms with Gasteiger partial charge in [-0.1, -0.05) is 6.07 Å². The third-order valence-electron chi connectivity index (χ3n) is 5.72. The lowest BCUT2D eigenvalue weighted by Gasteiger charge is -2.37. The average Bonchev–Trinajstić information content (AvgIpc) is 2.78. The molecule has 2 aromatic carbocycles. The topological polar surface area (TPSA) is 70.2 Å². The Morgan fingerprint density at radius 3 is 2.29 bits per heavy atom. The highest BCUT2D eigenvalue weighted by Gasteiger charge is 2.27. The minimum atomic E-state index is -3.44. The van der Waals surface area contributed by atoms with Crippen molar-refractivity contribution in [3.05, 3.63) is 53.8 Å². The fourth-order valence-corrected chi connectivity index (χ4v) is 4.66. The van der Waals surface area contributed by atoms with Gasteiger partial charge in [0.2, 0.25) is 0 Å². The highest BCUT2D eigenvalue weighted by atomic mass is 32.2. The molecule has 9 heteroatoms. The first-order chi connectivity index (χ1) is 14.8. The van der Waals surface area contributed by atoms with Crippen LogP contribution in [-0.2, 0) is 14.6 Å². The predicted molar refractivity (Wildman–Crippen MR) is 117 cm³/mol. The van der Waals surface area contributed by atoms with Gasteiger partial charge in [0.25, 0.3) is 5.91 Å². The van der Waals surface area contributed by atoms with Crippen molar-refractivity contribution in [2.45, 2.75) is 4.90 Å². The summed E-state index contributed by atoms with van der Waals surface area (Å²) in [5, 5.41) is 0. The van der Waals surface area contributed by atoms with Crippen molar-refractivity contribution in [1.82, 2.24) is 4.90 Å². The summed E-state index contributed by atoms with van der Waals surface area (Å²) in [6.07, 6.45) is 1.14. The molecule has 7 nitrogen and oxygen atoms in total. The van der Waals surface area contributed by atoms with E-state index in [1.807, 2.05) is 11.0 Å². The number of ether oxygens (including phenoxy) is 1. The number of morpholine rings is 1. The molecule has 0 radical (unpaired) electrons. The molecule has 2 aromatic rings. The van der Waals surface area contributed by atoms with E-state index in [0.717, 1.165) is 17.6 Å². The van der Waals surface area contributed by atoms with Gasteiger partial charge in [0.05, 0.1) is 23.7 Å². The normalized spacial score (nSPS) is 17.7. The van der Waals surface area contributed by atoms with Crippen molar-refractivity contribution < 1.29 is 22.3 Å². The van der Waals surface area contributed by atoms with E-state index in [-0.39, 0.29) is 16.6 Å². The number of rotatable bonds is 4. The number of carbonyl (C=O) groups is 1. The Bertz CT molecular complexity index is 1060. The summed E-state index contributed by atoms with van der Waals surface area (Å²) in [4.78, 5) is 19.4. The summed E-state index contributed by atoms with van der Waals surface area (Å²) >= 11 is 0. The van der Waals surface area contributed by atoms with E-state index >= 15 is 0 Å². The lowest BCUT2D eigenvalue weighted by molar-refractivity contribution is 0.0746. The van der Waals surface area contributed by atoms with E-state index in [0.29, 0.717) is 58.0 Å². The minimum absolute atomic E-state index is 0.131. The molecule has 4 rings (SSSR count). The number of piperazine rings is 1. The maximum atomic E-state index is 13.5. The van der Waals surface area contributed by atoms with Crippen LogP contribution in [0.3, 0.4) is 0 Å². The standard InChI is InChI=1S/C22H26FN3O4S/c1-31(28,29)19-5-6-21(25-11-13-30-14-12-25)20(16-19)22(27)26-9-7-24(8-10-26)18-4-2-3-17(23)15-18/h2-6,15-16H,7-14H2,1H3. The second kappa shape index (κ2) is 8.84. The summed E-state index contributed by atoms with van der Waals surface area (Å²) < 4.78 is 43.2. The number of benzene rings is 2. The van der Waals surface area contributed by atoms with Crippen molar-refractivity contribution >= 4 is 27.1 Å². The van der Waals surface area contributed by atoms with Crippen molar-refractivity contribution in [1.29, 1.82) is 0 Å². The molecule has 2 saturated heterocycles. The molecule has 31 heavy (non-hydrogen) atoms. The van der Waals surface area contributed by atoms with Crippen LogP contribution in [0.2, 0.25) is 0 Å². The van der Waals surface area contributed by atoms with Gasteiger partial charge in [-0.3, -0.25) is 4.79 Å². The fourth-order valence-electron chi connectivity index (χ4n) is 4.01. The Morgan fingerprint density at radius 1 is 0.935 bits per heavy atom. The Hall–Kier alpha value is -2.65. The smallest absolute Gasteiger partial charge is 0.256 e. The number of hydrogen-bond donors (Lipinski definition) is 0. The molecule has 0 saturated carbocycles. The van der Waals surface area contributed by atoms with Crippen LogP contribution in [0.4, 0.5) is 15.8 Å². The van der Waals surface area contributed by atoms with E-state index in [2.05, 4.69) is 4.90 Å². The van der Waals surface area contributed by atoms with Gasteiger partial charge >= 0.3 is 0 Å². The number of sulfone groups is 1. The second-order valence-corrected chi connectivity index (χ2v) is 9.83. The van der Waals surface area contributed by atoms with E-state index in [4.69, 9.17) is 4.74 Å². The zero-order valence-corrected chi connectivity index (χ0v) is 18.3. The molecular formula is C22H26FN3O4S. The number of anilines is 2. The molecular weight excluding hydrogens is 421 g/mol. The zero-order valence-electron chi connectivity index (χ0n) is 17.5. The van der Waals surface area contributed by atoms with Gasteiger partial charge in [0.1, 0.15) is 5.82 Å². The fraction of sp³-hybridized carbons (Fsp3) is 0.409. The summed E-state index contributed by atoms with van der Waals surface area (Å²) in [5.41, 5.74) is 1.91. The Kier molecular flexibility index (Phi) is 6.15. The van der Waals surface area contributed by atoms with Crippen LogP contribution in [0.15, 0.2) is 47.4 Å². The van der Waals surface area contributed by atoms with Crippen molar-refractivity contribution in [2.24, 2.45) is 0 Å². The Balaban J connectivity index is 1.57. The molecule has 0 spiro atoms. The largest absolute Gasteiger partial charge is 0.378 e. The number of nitrogens with zero attached hydrogens (tertiary/aromatic N) is 3. The van der Waals surface area contributed by atoms with E-state index in [9.17, 15) is 17.6 Å². The quantitative estimate of drug-likeness (QED) is 0.715. The minimum Gasteiger partial charge on any atom is -0.378 e. The Labute approximate surface area is 181 Å². The predicted octanol–water partition coefficient (Wildman–Crippen LogP) is 2.03. The van der Waals surface area contributed by atoms with Crippen molar-refractivity contribution in [3.63, 3.8) is 0 Å². The van der Waals surface area contributed by atoms with Crippen LogP contribution < -0.4 is 9.80 Å². The van der Waals surface area contributed by atoms with E-state index < -0.39 is 9.84 Å². The molecule has 2 aliphatic heterocycles. The molecule has 0 unspecified atom stereocenters. The van der Waals surface area contributed by atoms with Gasteiger partial charge in [-0.2, -0.15) is 0 Å². The van der Waals surface area contributed by atoms with Gasteiger partial charge < -0.3 is 19.4 Å². The maximum absolute atomic E-state index is 13.5. The summed E-state index contributed by atoms with van der Waals surface area (Å²) in [6, 6.07) is 11.2. The van der Waals surface area contributed by atoms with Crippen LogP contribution in [-0.4, -0.2) is 78.0 Å². The lowest BCUT2D eigenvalue weighted by Crippen LogP contribution is -2.49. The molecule has 2 heterocycles. The lowest BCUT2D eigenvalue weighted by atomic mass is 10.1. The number of amides is 1. The molecule has 166 valence electrons. The first-order valence-electron chi connectivity index (χ1n) is 10.3. The van der Waals surface area contributed by atoms with Gasteiger partial charge in [-0.05, 0) is 36.4 Å². The van der Waals surface area contributed by atoms with Crippen LogP contribution in [0.1, 0.15) is 10.4 Å². The van der Waals surface area contributed by atoms with Gasteiger partial charge in [-0.15, -0.1) is 0 Å². The molecule has 0 aromatic heterocycles. The first-order valence-corrected chi connectivity index (χ1v) is 12.2. The van der Waals surface area contributed by atoms with E-state index in [1.165, 1.54) is 18.2 Å². The van der Waals surface area contributed by atoms with Crippen molar-refractivity contribution in [3.8, 4) is 0 Å². The summed E-state index contributed by atoms with van der Waals surface area (Å²) in [5.74, 6) is -0.477. The molecule has 2 aliphatic rings. The second-order valence-electron chi connectivity index (χ2n) is 7.81. The highest BCUT2D eigenvalue weighted by molar-refractivity contribution is 7.90. The first kappa shape index (κ1) is 21.6. The molecule has 0 atom stereocenters. The maximum Gasteiger partial charge on any atom is 0.256 e. The average molecular weight is 448 g/mol. The third kappa shape index (κ3) is 4.83. The van der Waals surface area contributed by atoms with Crippen LogP contribution in [0.5, 0.6) is 0 Å². The summed E-state index contributed by atoms with van der Waals surface area (Å²) in [6.45, 7) is 4.52. The number of halogens is 1. The number of carbonyl (C=O) groups excluding carboxylic acids is 1. The van der Waals surface area contributed by atoms with E-state index in [1.54, 1.807) is 23.1 Å². The molecule has 2 fully saturated rings. The van der Waals surface area contributed by atoms with Gasteiger partial charge in [0, 0.05) is 56.9 Å². The van der Waals surface area contributed by atoms with Crippen LogP contribution in [0.25, 0.3) is 0 Å². The molecule has 0 N–H and O–H groups in total. The summed E-state index contributed by atoms with van der Waals surface area (Å²) in [7, 11) is -3.44. The highest BCUT2D eigenvalue weighted by Crippen LogP contribution is 2.27. The van der Waals surface area contributed by atoms with Gasteiger partial charge in [-0.25, -0.2) is 12.8 Å². The third-order valence-corrected chi connectivity index (χ3v) is 6.83. The Morgan fingerprint density at radius 2 is 1.65 bits per heavy atom. The van der Waals surface area contributed by atoms with Crippen LogP contribution in [0, 0.1) is 5.82 Å². The SMILES string of the molecule is CS(=O)(=O)c1ccc(N2CCOCC2)c(C(=O)N2CCN(c3cccc(F)c3)CC2)c1. The van der Waals surface area contributed by atoms with Crippen molar-refractivity contribution in [2.75, 3.05) is 68.5 Å². The molecule has 0 aliphatic carbocycles. The molecule has 1 amide bonds. The monoisotopic (exact) mass is 447 g/mol. The number of hydrogen-bond acceptors (Lipinski definition) is 6. The van der Waals surface area contributed by atoms with Crippen LogP contribution >= 0.6 is 0 Å².